The molecule has 0 saturated heterocycles. The van der Waals surface area contributed by atoms with E-state index in [2.05, 4.69) is 15.9 Å². The standard InChI is InChI=1S/C13H11BrClFS/c1-7-5-9(3-4-11(7)16)13(15)12-6-10(14)8(2)17-12/h3-6,13H,1-2H3. The van der Waals surface area contributed by atoms with Crippen LogP contribution in [0, 0.1) is 19.7 Å². The van der Waals surface area contributed by atoms with Crippen LogP contribution in [-0.4, -0.2) is 0 Å². The first-order valence-corrected chi connectivity index (χ1v) is 7.19. The van der Waals surface area contributed by atoms with Crippen LogP contribution < -0.4 is 0 Å². The van der Waals surface area contributed by atoms with E-state index in [4.69, 9.17) is 11.6 Å². The van der Waals surface area contributed by atoms with E-state index < -0.39 is 0 Å². The molecule has 1 unspecified atom stereocenters. The second-order valence-electron chi connectivity index (χ2n) is 3.92. The van der Waals surface area contributed by atoms with Gasteiger partial charge in [0.15, 0.2) is 0 Å². The summed E-state index contributed by atoms with van der Waals surface area (Å²) < 4.78 is 14.3. The molecular weight excluding hydrogens is 323 g/mol. The Morgan fingerprint density at radius 2 is 2.00 bits per heavy atom. The fraction of sp³-hybridized carbons (Fsp3) is 0.231. The minimum absolute atomic E-state index is 0.193. The molecule has 17 heavy (non-hydrogen) atoms. The van der Waals surface area contributed by atoms with Crippen LogP contribution in [0.3, 0.4) is 0 Å². The van der Waals surface area contributed by atoms with Crippen molar-refractivity contribution in [1.82, 2.24) is 0 Å². The lowest BCUT2D eigenvalue weighted by molar-refractivity contribution is 0.617. The normalized spacial score (nSPS) is 12.8. The van der Waals surface area contributed by atoms with E-state index in [-0.39, 0.29) is 11.2 Å². The highest BCUT2D eigenvalue weighted by Gasteiger charge is 2.15. The first-order chi connectivity index (χ1) is 7.99. The Bertz CT molecular complexity index is 531. The van der Waals surface area contributed by atoms with Crippen molar-refractivity contribution in [3.63, 3.8) is 0 Å². The lowest BCUT2D eigenvalue weighted by Crippen LogP contribution is -1.92. The molecule has 0 amide bonds. The molecule has 2 aromatic rings. The van der Waals surface area contributed by atoms with Gasteiger partial charge in [-0.25, -0.2) is 4.39 Å². The number of thiophene rings is 1. The number of rotatable bonds is 2. The summed E-state index contributed by atoms with van der Waals surface area (Å²) in [6, 6.07) is 7.03. The summed E-state index contributed by atoms with van der Waals surface area (Å²) in [6.07, 6.45) is 0. The SMILES string of the molecule is Cc1cc(C(Cl)c2cc(Br)c(C)s2)ccc1F. The molecule has 0 saturated carbocycles. The molecule has 0 bridgehead atoms. The summed E-state index contributed by atoms with van der Waals surface area (Å²) in [5.41, 5.74) is 1.56. The van der Waals surface area contributed by atoms with Gasteiger partial charge in [0.2, 0.25) is 0 Å². The first kappa shape index (κ1) is 13.1. The lowest BCUT2D eigenvalue weighted by Gasteiger charge is -2.08. The third-order valence-electron chi connectivity index (χ3n) is 2.60. The van der Waals surface area contributed by atoms with Crippen molar-refractivity contribution in [1.29, 1.82) is 0 Å². The molecule has 0 nitrogen and oxygen atoms in total. The molecule has 0 fully saturated rings. The van der Waals surface area contributed by atoms with Crippen LogP contribution in [0.4, 0.5) is 4.39 Å². The summed E-state index contributed by atoms with van der Waals surface area (Å²) in [5, 5.41) is -0.218. The van der Waals surface area contributed by atoms with Gasteiger partial charge in [-0.1, -0.05) is 12.1 Å². The molecular formula is C13H11BrClFS. The zero-order valence-electron chi connectivity index (χ0n) is 9.43. The quantitative estimate of drug-likeness (QED) is 0.628. The van der Waals surface area contributed by atoms with Crippen molar-refractivity contribution in [3.05, 3.63) is 55.4 Å². The van der Waals surface area contributed by atoms with Gasteiger partial charge >= 0.3 is 0 Å². The van der Waals surface area contributed by atoms with Gasteiger partial charge in [0.05, 0.1) is 5.38 Å². The molecule has 1 aromatic carbocycles. The molecule has 4 heteroatoms. The maximum atomic E-state index is 13.2. The van der Waals surface area contributed by atoms with Gasteiger partial charge in [-0.05, 0) is 53.0 Å². The van der Waals surface area contributed by atoms with Crippen LogP contribution >= 0.6 is 38.9 Å². The molecule has 0 N–H and O–H groups in total. The summed E-state index contributed by atoms with van der Waals surface area (Å²) in [5.74, 6) is -0.193. The predicted molar refractivity (Wildman–Crippen MR) is 75.6 cm³/mol. The predicted octanol–water partition coefficient (Wildman–Crippen LogP) is 5.59. The van der Waals surface area contributed by atoms with Crippen LogP contribution in [0.5, 0.6) is 0 Å². The van der Waals surface area contributed by atoms with Crippen molar-refractivity contribution < 1.29 is 4.39 Å². The maximum absolute atomic E-state index is 13.2. The van der Waals surface area contributed by atoms with Crippen molar-refractivity contribution in [3.8, 4) is 0 Å². The smallest absolute Gasteiger partial charge is 0.126 e. The number of aryl methyl sites for hydroxylation is 2. The Balaban J connectivity index is 2.36. The van der Waals surface area contributed by atoms with Gasteiger partial charge < -0.3 is 0 Å². The minimum atomic E-state index is -0.218. The Hall–Kier alpha value is -0.380. The zero-order chi connectivity index (χ0) is 12.6. The van der Waals surface area contributed by atoms with E-state index in [0.29, 0.717) is 5.56 Å². The third kappa shape index (κ3) is 2.72. The fourth-order valence-corrected chi connectivity index (χ4v) is 3.50. The van der Waals surface area contributed by atoms with Crippen LogP contribution in [0.25, 0.3) is 0 Å². The van der Waals surface area contributed by atoms with Crippen molar-refractivity contribution >= 4 is 38.9 Å². The van der Waals surface area contributed by atoms with Crippen molar-refractivity contribution in [2.45, 2.75) is 19.2 Å². The summed E-state index contributed by atoms with van der Waals surface area (Å²) in [6.45, 7) is 3.79. The van der Waals surface area contributed by atoms with Crippen molar-refractivity contribution in [2.24, 2.45) is 0 Å². The molecule has 2 rings (SSSR count). The Morgan fingerprint density at radius 3 is 2.53 bits per heavy atom. The van der Waals surface area contributed by atoms with E-state index in [1.807, 2.05) is 13.0 Å². The lowest BCUT2D eigenvalue weighted by atomic mass is 10.1. The van der Waals surface area contributed by atoms with Gasteiger partial charge in [0, 0.05) is 14.2 Å². The topological polar surface area (TPSA) is 0 Å². The average molecular weight is 334 g/mol. The first-order valence-electron chi connectivity index (χ1n) is 5.15. The molecule has 1 heterocycles. The van der Waals surface area contributed by atoms with Gasteiger partial charge in [-0.2, -0.15) is 0 Å². The molecule has 1 aromatic heterocycles. The Kier molecular flexibility index (Phi) is 3.91. The highest BCUT2D eigenvalue weighted by atomic mass is 79.9. The molecule has 90 valence electrons. The highest BCUT2D eigenvalue weighted by Crippen LogP contribution is 2.37. The molecule has 0 aliphatic heterocycles. The van der Waals surface area contributed by atoms with Gasteiger partial charge in [0.1, 0.15) is 5.82 Å². The van der Waals surface area contributed by atoms with Crippen LogP contribution in [0.2, 0.25) is 0 Å². The van der Waals surface area contributed by atoms with E-state index in [1.165, 1.54) is 10.9 Å². The van der Waals surface area contributed by atoms with Gasteiger partial charge in [0.25, 0.3) is 0 Å². The number of benzene rings is 1. The van der Waals surface area contributed by atoms with E-state index >= 15 is 0 Å². The summed E-state index contributed by atoms with van der Waals surface area (Å²) in [7, 11) is 0. The fourth-order valence-electron chi connectivity index (χ4n) is 1.60. The molecule has 0 aliphatic carbocycles. The molecule has 0 radical (unpaired) electrons. The van der Waals surface area contributed by atoms with E-state index in [0.717, 1.165) is 14.9 Å². The second-order valence-corrected chi connectivity index (χ2v) is 6.50. The highest BCUT2D eigenvalue weighted by molar-refractivity contribution is 9.10. The summed E-state index contributed by atoms with van der Waals surface area (Å²) >= 11 is 11.5. The monoisotopic (exact) mass is 332 g/mol. The van der Waals surface area contributed by atoms with Crippen LogP contribution in [-0.2, 0) is 0 Å². The number of alkyl halides is 1. The number of halogens is 3. The Labute approximate surface area is 118 Å². The maximum Gasteiger partial charge on any atom is 0.126 e. The molecule has 0 aliphatic rings. The van der Waals surface area contributed by atoms with Gasteiger partial charge in [-0.3, -0.25) is 0 Å². The van der Waals surface area contributed by atoms with Crippen LogP contribution in [0.1, 0.15) is 26.3 Å². The van der Waals surface area contributed by atoms with E-state index in [1.54, 1.807) is 30.4 Å². The number of hydrogen-bond acceptors (Lipinski definition) is 1. The zero-order valence-corrected chi connectivity index (χ0v) is 12.6. The third-order valence-corrected chi connectivity index (χ3v) is 5.42. The molecule has 0 spiro atoms. The van der Waals surface area contributed by atoms with E-state index in [9.17, 15) is 4.39 Å². The largest absolute Gasteiger partial charge is 0.207 e. The second kappa shape index (κ2) is 5.09. The van der Waals surface area contributed by atoms with Crippen LogP contribution in [0.15, 0.2) is 28.7 Å². The summed E-state index contributed by atoms with van der Waals surface area (Å²) in [4.78, 5) is 2.27. The minimum Gasteiger partial charge on any atom is -0.207 e. The Morgan fingerprint density at radius 1 is 1.29 bits per heavy atom. The van der Waals surface area contributed by atoms with Gasteiger partial charge in [-0.15, -0.1) is 22.9 Å². The number of hydrogen-bond donors (Lipinski definition) is 0. The van der Waals surface area contributed by atoms with Crippen molar-refractivity contribution in [2.75, 3.05) is 0 Å². The average Bonchev–Trinajstić information content (AvgIpc) is 2.62. The molecule has 1 atom stereocenters.